The van der Waals surface area contributed by atoms with Gasteiger partial charge >= 0.3 is 12.1 Å². The fourth-order valence-electron chi connectivity index (χ4n) is 3.60. The highest BCUT2D eigenvalue weighted by molar-refractivity contribution is 7.94. The van der Waals surface area contributed by atoms with Crippen LogP contribution in [0.1, 0.15) is 21.0 Å². The number of anilines is 2. The third kappa shape index (κ3) is 6.32. The van der Waals surface area contributed by atoms with Crippen molar-refractivity contribution in [3.05, 3.63) is 64.2 Å². The van der Waals surface area contributed by atoms with Crippen LogP contribution in [-0.2, 0) is 14.5 Å². The standard InChI is InChI=1S/C22H18Cl2F3N7O4S/c23-13-2-1-3-14(24)18(13)34-11-16(17(31-34)19(28)35)30-12-4-5-15(29-10-12)20(36)33-6-8-39(38,9-7-33)32-21(37)22(25,26)27/h1-5,10-11,30H,6-9H2,(H2,28,35). The van der Waals surface area contributed by atoms with Crippen molar-refractivity contribution in [2.24, 2.45) is 10.1 Å². The van der Waals surface area contributed by atoms with Crippen molar-refractivity contribution in [1.29, 1.82) is 0 Å². The van der Waals surface area contributed by atoms with Gasteiger partial charge in [-0.15, -0.1) is 0 Å². The number of alkyl halides is 3. The SMILES string of the molecule is NC(=O)c1nn(-c2c(Cl)cccc2Cl)cc1Nc1ccc(C(=O)N2CCS(=O)(=NC(=O)C(F)(F)F)CC2)nc1. The van der Waals surface area contributed by atoms with E-state index >= 15 is 0 Å². The minimum Gasteiger partial charge on any atom is -0.364 e. The fourth-order valence-corrected chi connectivity index (χ4v) is 5.97. The van der Waals surface area contributed by atoms with Gasteiger partial charge in [-0.3, -0.25) is 14.4 Å². The average molecular weight is 604 g/mol. The van der Waals surface area contributed by atoms with Crippen molar-refractivity contribution in [2.45, 2.75) is 6.18 Å². The lowest BCUT2D eigenvalue weighted by molar-refractivity contribution is -0.169. The minimum absolute atomic E-state index is 0.00549. The number of nitrogens with zero attached hydrogens (tertiary/aromatic N) is 5. The summed E-state index contributed by atoms with van der Waals surface area (Å²) in [6.45, 7) is -0.334. The quantitative estimate of drug-likeness (QED) is 0.453. The molecule has 1 aromatic carbocycles. The summed E-state index contributed by atoms with van der Waals surface area (Å²) in [5.41, 5.74) is 6.26. The summed E-state index contributed by atoms with van der Waals surface area (Å²) in [6.07, 6.45) is -2.45. The van der Waals surface area contributed by atoms with Gasteiger partial charge in [0.15, 0.2) is 5.69 Å². The van der Waals surface area contributed by atoms with E-state index in [1.807, 2.05) is 0 Å². The van der Waals surface area contributed by atoms with Gasteiger partial charge in [-0.25, -0.2) is 13.9 Å². The molecule has 0 bridgehead atoms. The van der Waals surface area contributed by atoms with Gasteiger partial charge in [-0.05, 0) is 24.3 Å². The van der Waals surface area contributed by atoms with Crippen molar-refractivity contribution in [3.63, 3.8) is 0 Å². The molecule has 11 nitrogen and oxygen atoms in total. The van der Waals surface area contributed by atoms with Crippen LogP contribution in [0.2, 0.25) is 10.0 Å². The second kappa shape index (κ2) is 10.8. The van der Waals surface area contributed by atoms with Gasteiger partial charge in [0.05, 0.1) is 43.5 Å². The van der Waals surface area contributed by atoms with E-state index in [-0.39, 0.29) is 51.7 Å². The lowest BCUT2D eigenvalue weighted by atomic mass is 10.2. The van der Waals surface area contributed by atoms with E-state index in [1.54, 1.807) is 18.2 Å². The molecule has 2 aromatic heterocycles. The molecule has 17 heteroatoms. The second-order valence-corrected chi connectivity index (χ2v) is 11.6. The van der Waals surface area contributed by atoms with Crippen LogP contribution in [0.3, 0.4) is 0 Å². The Kier molecular flexibility index (Phi) is 7.86. The van der Waals surface area contributed by atoms with Crippen molar-refractivity contribution >= 4 is 62.0 Å². The minimum atomic E-state index is -5.21. The van der Waals surface area contributed by atoms with E-state index in [0.717, 1.165) is 0 Å². The van der Waals surface area contributed by atoms with Crippen molar-refractivity contribution < 1.29 is 31.8 Å². The molecule has 0 unspecified atom stereocenters. The van der Waals surface area contributed by atoms with E-state index in [0.29, 0.717) is 11.4 Å². The van der Waals surface area contributed by atoms with E-state index in [9.17, 15) is 31.8 Å². The molecule has 0 radical (unpaired) electrons. The van der Waals surface area contributed by atoms with Crippen LogP contribution < -0.4 is 11.1 Å². The molecule has 1 fully saturated rings. The van der Waals surface area contributed by atoms with Crippen LogP contribution in [-0.4, -0.2) is 72.4 Å². The maximum Gasteiger partial charge on any atom is 0.474 e. The van der Waals surface area contributed by atoms with Crippen molar-refractivity contribution in [2.75, 3.05) is 29.9 Å². The number of primary amides is 1. The highest BCUT2D eigenvalue weighted by atomic mass is 35.5. The first-order chi connectivity index (χ1) is 18.3. The van der Waals surface area contributed by atoms with Gasteiger partial charge in [0, 0.05) is 24.6 Å². The third-order valence-corrected chi connectivity index (χ3v) is 8.26. The van der Waals surface area contributed by atoms with Crippen molar-refractivity contribution in [3.8, 4) is 5.69 Å². The number of halogens is 5. The molecule has 0 spiro atoms. The Bertz CT molecular complexity index is 1550. The van der Waals surface area contributed by atoms with Gasteiger partial charge < -0.3 is 16.0 Å². The Hall–Kier alpha value is -3.69. The molecule has 3 amide bonds. The molecule has 3 heterocycles. The molecular weight excluding hydrogens is 586 g/mol. The number of nitrogens with two attached hydrogens (primary N) is 1. The first-order valence-corrected chi connectivity index (χ1v) is 13.6. The number of para-hydroxylation sites is 1. The molecule has 39 heavy (non-hydrogen) atoms. The third-order valence-electron chi connectivity index (χ3n) is 5.52. The molecule has 1 aliphatic heterocycles. The lowest BCUT2D eigenvalue weighted by Crippen LogP contribution is -2.44. The second-order valence-electron chi connectivity index (χ2n) is 8.19. The predicted octanol–water partition coefficient (Wildman–Crippen LogP) is 3.43. The Balaban J connectivity index is 1.47. The van der Waals surface area contributed by atoms with Crippen molar-refractivity contribution in [1.82, 2.24) is 19.7 Å². The molecule has 3 aromatic rings. The Morgan fingerprint density at radius 1 is 1.08 bits per heavy atom. The van der Waals surface area contributed by atoms with E-state index < -0.39 is 33.6 Å². The van der Waals surface area contributed by atoms with Gasteiger partial charge in [0.2, 0.25) is 0 Å². The summed E-state index contributed by atoms with van der Waals surface area (Å²) in [5.74, 6) is -4.55. The number of amides is 3. The zero-order valence-electron chi connectivity index (χ0n) is 19.6. The topological polar surface area (TPSA) is 153 Å². The molecule has 3 N–H and O–H groups in total. The van der Waals surface area contributed by atoms with Gasteiger partial charge in [-0.1, -0.05) is 29.3 Å². The average Bonchev–Trinajstić information content (AvgIpc) is 3.27. The molecular formula is C22H18Cl2F3N7O4S. The van der Waals surface area contributed by atoms with E-state index in [2.05, 4.69) is 19.8 Å². The smallest absolute Gasteiger partial charge is 0.364 e. The van der Waals surface area contributed by atoms with Crippen LogP contribution in [0.5, 0.6) is 0 Å². The highest BCUT2D eigenvalue weighted by Crippen LogP contribution is 2.30. The number of nitrogens with one attached hydrogen (secondary N) is 1. The monoisotopic (exact) mass is 603 g/mol. The predicted molar refractivity (Wildman–Crippen MR) is 137 cm³/mol. The molecule has 0 atom stereocenters. The summed E-state index contributed by atoms with van der Waals surface area (Å²) in [4.78, 5) is 41.2. The summed E-state index contributed by atoms with van der Waals surface area (Å²) < 4.78 is 54.0. The number of carbonyl (C=O) groups is 3. The Labute approximate surface area is 229 Å². The van der Waals surface area contributed by atoms with Crippen LogP contribution >= 0.6 is 23.2 Å². The largest absolute Gasteiger partial charge is 0.474 e. The maximum absolute atomic E-state index is 12.8. The lowest BCUT2D eigenvalue weighted by Gasteiger charge is -2.28. The maximum atomic E-state index is 12.8. The molecule has 4 rings (SSSR count). The summed E-state index contributed by atoms with van der Waals surface area (Å²) in [5, 5.41) is 7.67. The zero-order chi connectivity index (χ0) is 28.5. The van der Waals surface area contributed by atoms with Crippen LogP contribution in [0, 0.1) is 0 Å². The van der Waals surface area contributed by atoms with Crippen LogP contribution in [0.4, 0.5) is 24.5 Å². The van der Waals surface area contributed by atoms with Gasteiger partial charge in [0.1, 0.15) is 11.4 Å². The number of carbonyl (C=O) groups excluding carboxylic acids is 3. The van der Waals surface area contributed by atoms with E-state index in [1.165, 1.54) is 34.1 Å². The number of rotatable bonds is 5. The van der Waals surface area contributed by atoms with Crippen LogP contribution in [0.15, 0.2) is 47.1 Å². The Morgan fingerprint density at radius 3 is 2.26 bits per heavy atom. The molecule has 0 aliphatic carbocycles. The summed E-state index contributed by atoms with van der Waals surface area (Å²) in [7, 11) is -3.43. The van der Waals surface area contributed by atoms with E-state index in [4.69, 9.17) is 28.9 Å². The first kappa shape index (κ1) is 28.3. The zero-order valence-corrected chi connectivity index (χ0v) is 21.9. The normalized spacial score (nSPS) is 15.1. The Morgan fingerprint density at radius 2 is 1.72 bits per heavy atom. The molecule has 206 valence electrons. The number of aromatic nitrogens is 3. The fraction of sp³-hybridized carbons (Fsp3) is 0.227. The van der Waals surface area contributed by atoms with Crippen LogP contribution in [0.25, 0.3) is 5.69 Å². The molecule has 0 saturated carbocycles. The first-order valence-electron chi connectivity index (χ1n) is 11.0. The molecule has 1 saturated heterocycles. The van der Waals surface area contributed by atoms with Gasteiger partial charge in [0.25, 0.3) is 11.8 Å². The summed E-state index contributed by atoms with van der Waals surface area (Å²) >= 11 is 12.4. The number of hydrogen-bond donors (Lipinski definition) is 2. The molecule has 1 aliphatic rings. The van der Waals surface area contributed by atoms with Gasteiger partial charge in [-0.2, -0.15) is 22.6 Å². The number of benzene rings is 1. The number of hydrogen-bond acceptors (Lipinski definition) is 7. The highest BCUT2D eigenvalue weighted by Gasteiger charge is 2.40. The number of pyridine rings is 1. The summed E-state index contributed by atoms with van der Waals surface area (Å²) in [6, 6.07) is 7.71.